The molecule has 7 nitrogen and oxygen atoms in total. The van der Waals surface area contributed by atoms with Crippen LogP contribution in [-0.4, -0.2) is 41.2 Å². The first-order chi connectivity index (χ1) is 13.3. The van der Waals surface area contributed by atoms with Gasteiger partial charge in [0.25, 0.3) is 5.89 Å². The molecule has 0 spiro atoms. The predicted molar refractivity (Wildman–Crippen MR) is 121 cm³/mol. The van der Waals surface area contributed by atoms with Gasteiger partial charge >= 0.3 is 0 Å². The number of pyridine rings is 1. The van der Waals surface area contributed by atoms with Gasteiger partial charge in [-0.2, -0.15) is 4.98 Å². The molecule has 2 N–H and O–H groups in total. The van der Waals surface area contributed by atoms with Crippen LogP contribution >= 0.6 is 24.0 Å². The highest BCUT2D eigenvalue weighted by Gasteiger charge is 2.10. The largest absolute Gasteiger partial charge is 0.356 e. The van der Waals surface area contributed by atoms with E-state index in [4.69, 9.17) is 4.52 Å². The van der Waals surface area contributed by atoms with Gasteiger partial charge in [-0.05, 0) is 23.6 Å². The molecule has 28 heavy (non-hydrogen) atoms. The second kappa shape index (κ2) is 11.4. The molecular formula is C20H25IN6O. The van der Waals surface area contributed by atoms with Crippen molar-refractivity contribution in [3.05, 3.63) is 66.1 Å². The number of aliphatic imine (C=N–C) groups is 1. The van der Waals surface area contributed by atoms with Gasteiger partial charge in [-0.15, -0.1) is 24.0 Å². The Balaban J connectivity index is 0.00000280. The van der Waals surface area contributed by atoms with Crippen LogP contribution in [-0.2, 0) is 6.42 Å². The summed E-state index contributed by atoms with van der Waals surface area (Å²) in [5, 5.41) is 10.6. The van der Waals surface area contributed by atoms with E-state index in [9.17, 15) is 0 Å². The lowest BCUT2D eigenvalue weighted by molar-refractivity contribution is 0.421. The van der Waals surface area contributed by atoms with Gasteiger partial charge in [-0.3, -0.25) is 9.98 Å². The van der Waals surface area contributed by atoms with Gasteiger partial charge in [0, 0.05) is 32.8 Å². The number of nitrogens with one attached hydrogen (secondary N) is 2. The lowest BCUT2D eigenvalue weighted by atomic mass is 10.0. The summed E-state index contributed by atoms with van der Waals surface area (Å²) in [4.78, 5) is 12.8. The lowest BCUT2D eigenvalue weighted by Gasteiger charge is -2.16. The minimum absolute atomic E-state index is 0. The molecule has 0 saturated carbocycles. The van der Waals surface area contributed by atoms with Crippen molar-refractivity contribution >= 4 is 29.9 Å². The second-order valence-corrected chi connectivity index (χ2v) is 6.17. The van der Waals surface area contributed by atoms with Crippen molar-refractivity contribution in [2.45, 2.75) is 19.3 Å². The molecule has 1 atom stereocenters. The quantitative estimate of drug-likeness (QED) is 0.299. The van der Waals surface area contributed by atoms with Crippen LogP contribution in [0.2, 0.25) is 0 Å². The second-order valence-electron chi connectivity index (χ2n) is 6.17. The summed E-state index contributed by atoms with van der Waals surface area (Å²) >= 11 is 0. The lowest BCUT2D eigenvalue weighted by Crippen LogP contribution is -2.40. The zero-order valence-corrected chi connectivity index (χ0v) is 18.3. The van der Waals surface area contributed by atoms with Gasteiger partial charge in [0.1, 0.15) is 5.69 Å². The number of benzene rings is 1. The van der Waals surface area contributed by atoms with E-state index in [0.29, 0.717) is 36.3 Å². The van der Waals surface area contributed by atoms with E-state index >= 15 is 0 Å². The molecule has 148 valence electrons. The summed E-state index contributed by atoms with van der Waals surface area (Å²) in [6.07, 6.45) is 2.33. The summed E-state index contributed by atoms with van der Waals surface area (Å²) < 4.78 is 5.27. The number of halogens is 1. The summed E-state index contributed by atoms with van der Waals surface area (Å²) in [5.41, 5.74) is 1.98. The third kappa shape index (κ3) is 6.29. The van der Waals surface area contributed by atoms with Gasteiger partial charge in [0.05, 0.1) is 0 Å². The Labute approximate surface area is 182 Å². The standard InChI is InChI=1S/C20H24N6O.HI/c1-15(16-8-4-3-5-9-16)14-24-20(21-2)23-13-11-18-25-19(27-26-18)17-10-6-7-12-22-17;/h3-10,12,15H,11,13-14H2,1-2H3,(H2,21,23,24);1H. The van der Waals surface area contributed by atoms with E-state index in [1.54, 1.807) is 13.2 Å². The van der Waals surface area contributed by atoms with Crippen LogP contribution in [0.3, 0.4) is 0 Å². The minimum Gasteiger partial charge on any atom is -0.356 e. The average molecular weight is 492 g/mol. The van der Waals surface area contributed by atoms with Crippen LogP contribution in [0.25, 0.3) is 11.6 Å². The molecule has 0 aliphatic carbocycles. The van der Waals surface area contributed by atoms with Crippen LogP contribution in [0.15, 0.2) is 64.2 Å². The third-order valence-electron chi connectivity index (χ3n) is 4.16. The normalized spacial score (nSPS) is 12.1. The fraction of sp³-hybridized carbons (Fsp3) is 0.300. The molecule has 2 heterocycles. The number of aromatic nitrogens is 3. The monoisotopic (exact) mass is 492 g/mol. The highest BCUT2D eigenvalue weighted by atomic mass is 127. The van der Waals surface area contributed by atoms with Crippen molar-refractivity contribution in [1.29, 1.82) is 0 Å². The summed E-state index contributed by atoms with van der Waals surface area (Å²) in [7, 11) is 1.76. The number of rotatable bonds is 7. The number of hydrogen-bond acceptors (Lipinski definition) is 5. The average Bonchev–Trinajstić information content (AvgIpc) is 3.20. The van der Waals surface area contributed by atoms with Crippen molar-refractivity contribution in [3.8, 4) is 11.6 Å². The molecule has 0 radical (unpaired) electrons. The van der Waals surface area contributed by atoms with Crippen molar-refractivity contribution in [2.24, 2.45) is 4.99 Å². The zero-order valence-electron chi connectivity index (χ0n) is 16.0. The van der Waals surface area contributed by atoms with Crippen LogP contribution in [0.4, 0.5) is 0 Å². The Morgan fingerprint density at radius 3 is 2.61 bits per heavy atom. The van der Waals surface area contributed by atoms with E-state index in [1.807, 2.05) is 24.3 Å². The topological polar surface area (TPSA) is 88.2 Å². The summed E-state index contributed by atoms with van der Waals surface area (Å²) in [6.45, 7) is 3.64. The van der Waals surface area contributed by atoms with Crippen molar-refractivity contribution in [1.82, 2.24) is 25.8 Å². The first-order valence-corrected chi connectivity index (χ1v) is 8.99. The molecule has 1 aromatic carbocycles. The van der Waals surface area contributed by atoms with Crippen LogP contribution in [0.5, 0.6) is 0 Å². The smallest absolute Gasteiger partial charge is 0.276 e. The Bertz CT molecular complexity index is 853. The summed E-state index contributed by atoms with van der Waals surface area (Å²) in [6, 6.07) is 16.0. The van der Waals surface area contributed by atoms with Crippen molar-refractivity contribution in [2.75, 3.05) is 20.1 Å². The van der Waals surface area contributed by atoms with E-state index < -0.39 is 0 Å². The van der Waals surface area contributed by atoms with Gasteiger partial charge in [0.15, 0.2) is 11.8 Å². The molecule has 0 bridgehead atoms. The molecule has 0 amide bonds. The maximum Gasteiger partial charge on any atom is 0.276 e. The Morgan fingerprint density at radius 2 is 1.89 bits per heavy atom. The Hall–Kier alpha value is -2.49. The molecule has 1 unspecified atom stereocenters. The Morgan fingerprint density at radius 1 is 1.11 bits per heavy atom. The molecule has 3 aromatic rings. The molecule has 0 saturated heterocycles. The molecule has 8 heteroatoms. The molecule has 0 aliphatic rings. The fourth-order valence-electron chi connectivity index (χ4n) is 2.61. The van der Waals surface area contributed by atoms with E-state index in [2.05, 4.69) is 61.9 Å². The van der Waals surface area contributed by atoms with Gasteiger partial charge in [0.2, 0.25) is 0 Å². The third-order valence-corrected chi connectivity index (χ3v) is 4.16. The fourth-order valence-corrected chi connectivity index (χ4v) is 2.61. The van der Waals surface area contributed by atoms with Crippen LogP contribution in [0, 0.1) is 0 Å². The highest BCUT2D eigenvalue weighted by molar-refractivity contribution is 14.0. The molecule has 3 rings (SSSR count). The molecule has 0 fully saturated rings. The Kier molecular flexibility index (Phi) is 8.86. The summed E-state index contributed by atoms with van der Waals surface area (Å²) in [5.74, 6) is 2.22. The first-order valence-electron chi connectivity index (χ1n) is 8.99. The van der Waals surface area contributed by atoms with Gasteiger partial charge in [-0.1, -0.05) is 48.5 Å². The van der Waals surface area contributed by atoms with E-state index in [0.717, 1.165) is 12.5 Å². The number of hydrogen-bond donors (Lipinski definition) is 2. The van der Waals surface area contributed by atoms with Gasteiger partial charge < -0.3 is 15.2 Å². The predicted octanol–water partition coefficient (Wildman–Crippen LogP) is 3.26. The molecule has 0 aliphatic heterocycles. The number of nitrogens with zero attached hydrogens (tertiary/aromatic N) is 4. The van der Waals surface area contributed by atoms with Crippen molar-refractivity contribution in [3.63, 3.8) is 0 Å². The van der Waals surface area contributed by atoms with E-state index in [1.165, 1.54) is 5.56 Å². The minimum atomic E-state index is 0. The zero-order chi connectivity index (χ0) is 18.9. The van der Waals surface area contributed by atoms with E-state index in [-0.39, 0.29) is 24.0 Å². The van der Waals surface area contributed by atoms with Crippen LogP contribution < -0.4 is 10.6 Å². The first kappa shape index (κ1) is 21.8. The SMILES string of the molecule is CN=C(NCCc1noc(-c2ccccn2)n1)NCC(C)c1ccccc1.I. The maximum absolute atomic E-state index is 5.27. The highest BCUT2D eigenvalue weighted by Crippen LogP contribution is 2.14. The van der Waals surface area contributed by atoms with Crippen LogP contribution in [0.1, 0.15) is 24.2 Å². The van der Waals surface area contributed by atoms with Gasteiger partial charge in [-0.25, -0.2) is 0 Å². The number of guanidine groups is 1. The maximum atomic E-state index is 5.27. The molecular weight excluding hydrogens is 467 g/mol. The van der Waals surface area contributed by atoms with Crippen molar-refractivity contribution < 1.29 is 4.52 Å². The molecule has 2 aromatic heterocycles.